The number of pyridine rings is 1. The summed E-state index contributed by atoms with van der Waals surface area (Å²) < 4.78 is 5.45. The third-order valence-electron chi connectivity index (χ3n) is 2.81. The molecule has 0 aliphatic carbocycles. The standard InChI is InChI=1S/C14H22N2O3/c1-9(2)19-13-7-5-6-12(16-13)14(18)15-11(4)10(3)8-17/h5-7,9-11,17H,8H2,1-4H3,(H,15,18). The van der Waals surface area contributed by atoms with Gasteiger partial charge in [-0.2, -0.15) is 0 Å². The minimum Gasteiger partial charge on any atom is -0.475 e. The summed E-state index contributed by atoms with van der Waals surface area (Å²) in [5.74, 6) is 0.173. The highest BCUT2D eigenvalue weighted by Gasteiger charge is 2.16. The van der Waals surface area contributed by atoms with Gasteiger partial charge in [0.05, 0.1) is 6.10 Å². The fourth-order valence-electron chi connectivity index (χ4n) is 1.43. The minimum atomic E-state index is -0.262. The summed E-state index contributed by atoms with van der Waals surface area (Å²) in [6.45, 7) is 7.56. The van der Waals surface area contributed by atoms with Gasteiger partial charge in [-0.15, -0.1) is 0 Å². The maximum Gasteiger partial charge on any atom is 0.270 e. The molecule has 0 aliphatic heterocycles. The molecule has 0 fully saturated rings. The molecule has 1 amide bonds. The van der Waals surface area contributed by atoms with Gasteiger partial charge in [-0.1, -0.05) is 13.0 Å². The molecule has 2 atom stereocenters. The van der Waals surface area contributed by atoms with Gasteiger partial charge in [-0.25, -0.2) is 4.98 Å². The van der Waals surface area contributed by atoms with E-state index in [1.807, 2.05) is 27.7 Å². The van der Waals surface area contributed by atoms with Crippen molar-refractivity contribution in [3.63, 3.8) is 0 Å². The molecule has 0 radical (unpaired) electrons. The summed E-state index contributed by atoms with van der Waals surface area (Å²) in [6.07, 6.45) is 0.0131. The van der Waals surface area contributed by atoms with E-state index in [1.165, 1.54) is 0 Å². The van der Waals surface area contributed by atoms with Crippen LogP contribution in [0.4, 0.5) is 0 Å². The number of hydrogen-bond donors (Lipinski definition) is 2. The van der Waals surface area contributed by atoms with Crippen molar-refractivity contribution in [2.75, 3.05) is 6.61 Å². The van der Waals surface area contributed by atoms with Crippen LogP contribution in [0.15, 0.2) is 18.2 Å². The van der Waals surface area contributed by atoms with E-state index in [0.717, 1.165) is 0 Å². The Morgan fingerprint density at radius 1 is 1.37 bits per heavy atom. The largest absolute Gasteiger partial charge is 0.475 e. The average molecular weight is 266 g/mol. The molecule has 1 aromatic heterocycles. The number of amides is 1. The maximum atomic E-state index is 12.0. The van der Waals surface area contributed by atoms with Crippen LogP contribution in [0.5, 0.6) is 5.88 Å². The lowest BCUT2D eigenvalue weighted by Crippen LogP contribution is -2.38. The van der Waals surface area contributed by atoms with E-state index in [9.17, 15) is 4.79 Å². The van der Waals surface area contributed by atoms with Crippen LogP contribution in [0.25, 0.3) is 0 Å². The molecule has 2 unspecified atom stereocenters. The van der Waals surface area contributed by atoms with Gasteiger partial charge in [0.1, 0.15) is 5.69 Å². The van der Waals surface area contributed by atoms with Gasteiger partial charge in [0.25, 0.3) is 5.91 Å². The molecule has 0 aliphatic rings. The Bertz CT molecular complexity index is 421. The van der Waals surface area contributed by atoms with Crippen LogP contribution in [-0.4, -0.2) is 34.8 Å². The molecule has 1 heterocycles. The van der Waals surface area contributed by atoms with Crippen molar-refractivity contribution in [1.82, 2.24) is 10.3 Å². The van der Waals surface area contributed by atoms with Gasteiger partial charge in [0.15, 0.2) is 0 Å². The fraction of sp³-hybridized carbons (Fsp3) is 0.571. The number of nitrogens with zero attached hydrogens (tertiary/aromatic N) is 1. The zero-order valence-corrected chi connectivity index (χ0v) is 11.9. The fourth-order valence-corrected chi connectivity index (χ4v) is 1.43. The third-order valence-corrected chi connectivity index (χ3v) is 2.81. The summed E-state index contributed by atoms with van der Waals surface area (Å²) in [5, 5.41) is 11.9. The van der Waals surface area contributed by atoms with Crippen LogP contribution in [0, 0.1) is 5.92 Å². The number of rotatable bonds is 6. The minimum absolute atomic E-state index is 0.000883. The second-order valence-corrected chi connectivity index (χ2v) is 4.95. The van der Waals surface area contributed by atoms with E-state index in [-0.39, 0.29) is 30.6 Å². The molecule has 19 heavy (non-hydrogen) atoms. The molecule has 0 aromatic carbocycles. The van der Waals surface area contributed by atoms with Gasteiger partial charge in [0, 0.05) is 18.7 Å². The topological polar surface area (TPSA) is 71.5 Å². The number of nitrogens with one attached hydrogen (secondary N) is 1. The highest BCUT2D eigenvalue weighted by molar-refractivity contribution is 5.92. The van der Waals surface area contributed by atoms with Crippen molar-refractivity contribution in [1.29, 1.82) is 0 Å². The van der Waals surface area contributed by atoms with E-state index in [0.29, 0.717) is 11.6 Å². The first-order chi connectivity index (χ1) is 8.93. The van der Waals surface area contributed by atoms with Gasteiger partial charge in [0.2, 0.25) is 5.88 Å². The van der Waals surface area contributed by atoms with Crippen molar-refractivity contribution < 1.29 is 14.6 Å². The van der Waals surface area contributed by atoms with Crippen molar-refractivity contribution >= 4 is 5.91 Å². The normalized spacial score (nSPS) is 14.0. The quantitative estimate of drug-likeness (QED) is 0.820. The molecule has 2 N–H and O–H groups in total. The Balaban J connectivity index is 2.71. The highest BCUT2D eigenvalue weighted by Crippen LogP contribution is 2.10. The van der Waals surface area contributed by atoms with E-state index >= 15 is 0 Å². The Hall–Kier alpha value is -1.62. The predicted octanol–water partition coefficient (Wildman–Crippen LogP) is 1.62. The Labute approximate surface area is 114 Å². The van der Waals surface area contributed by atoms with Crippen LogP contribution in [-0.2, 0) is 0 Å². The van der Waals surface area contributed by atoms with Crippen molar-refractivity contribution in [2.45, 2.75) is 39.8 Å². The van der Waals surface area contributed by atoms with E-state index < -0.39 is 0 Å². The van der Waals surface area contributed by atoms with Crippen molar-refractivity contribution in [3.8, 4) is 5.88 Å². The Morgan fingerprint density at radius 2 is 2.05 bits per heavy atom. The van der Waals surface area contributed by atoms with E-state index in [4.69, 9.17) is 9.84 Å². The van der Waals surface area contributed by atoms with Crippen molar-refractivity contribution in [2.24, 2.45) is 5.92 Å². The Kier molecular flexibility index (Phi) is 5.76. The summed E-state index contributed by atoms with van der Waals surface area (Å²) >= 11 is 0. The molecular weight excluding hydrogens is 244 g/mol. The van der Waals surface area contributed by atoms with E-state index in [1.54, 1.807) is 18.2 Å². The SMILES string of the molecule is CC(C)Oc1cccc(C(=O)NC(C)C(C)CO)n1. The number of aliphatic hydroxyl groups is 1. The summed E-state index contributed by atoms with van der Waals surface area (Å²) in [7, 11) is 0. The first kappa shape index (κ1) is 15.4. The molecule has 0 spiro atoms. The van der Waals surface area contributed by atoms with Gasteiger partial charge in [-0.05, 0) is 32.8 Å². The summed E-state index contributed by atoms with van der Waals surface area (Å²) in [5.41, 5.74) is 0.315. The molecule has 1 rings (SSSR count). The van der Waals surface area contributed by atoms with Gasteiger partial charge in [-0.3, -0.25) is 4.79 Å². The average Bonchev–Trinajstić information content (AvgIpc) is 2.37. The maximum absolute atomic E-state index is 12.0. The summed E-state index contributed by atoms with van der Waals surface area (Å²) in [4.78, 5) is 16.2. The lowest BCUT2D eigenvalue weighted by atomic mass is 10.1. The number of ether oxygens (including phenoxy) is 1. The smallest absolute Gasteiger partial charge is 0.270 e. The molecule has 5 nitrogen and oxygen atoms in total. The van der Waals surface area contributed by atoms with Crippen LogP contribution < -0.4 is 10.1 Å². The number of aromatic nitrogens is 1. The molecular formula is C14H22N2O3. The molecule has 106 valence electrons. The number of carbonyl (C=O) groups excluding carboxylic acids is 1. The van der Waals surface area contributed by atoms with Gasteiger partial charge < -0.3 is 15.2 Å². The summed E-state index contributed by atoms with van der Waals surface area (Å²) in [6, 6.07) is 4.98. The van der Waals surface area contributed by atoms with Crippen LogP contribution in [0.2, 0.25) is 0 Å². The first-order valence-electron chi connectivity index (χ1n) is 6.49. The number of carbonyl (C=O) groups is 1. The molecule has 1 aromatic rings. The second kappa shape index (κ2) is 7.09. The molecule has 0 saturated heterocycles. The first-order valence-corrected chi connectivity index (χ1v) is 6.49. The lowest BCUT2D eigenvalue weighted by Gasteiger charge is -2.19. The van der Waals surface area contributed by atoms with E-state index in [2.05, 4.69) is 10.3 Å². The zero-order valence-electron chi connectivity index (χ0n) is 11.9. The molecule has 0 saturated carbocycles. The highest BCUT2D eigenvalue weighted by atomic mass is 16.5. The number of aliphatic hydroxyl groups excluding tert-OH is 1. The number of hydrogen-bond acceptors (Lipinski definition) is 4. The zero-order chi connectivity index (χ0) is 14.4. The van der Waals surface area contributed by atoms with Crippen LogP contribution >= 0.6 is 0 Å². The second-order valence-electron chi connectivity index (χ2n) is 4.95. The lowest BCUT2D eigenvalue weighted by molar-refractivity contribution is 0.0909. The monoisotopic (exact) mass is 266 g/mol. The predicted molar refractivity (Wildman–Crippen MR) is 73.2 cm³/mol. The van der Waals surface area contributed by atoms with Crippen LogP contribution in [0.3, 0.4) is 0 Å². The Morgan fingerprint density at radius 3 is 2.63 bits per heavy atom. The van der Waals surface area contributed by atoms with Crippen LogP contribution in [0.1, 0.15) is 38.2 Å². The molecule has 0 bridgehead atoms. The van der Waals surface area contributed by atoms with Crippen molar-refractivity contribution in [3.05, 3.63) is 23.9 Å². The third kappa shape index (κ3) is 4.87. The van der Waals surface area contributed by atoms with Gasteiger partial charge >= 0.3 is 0 Å². The molecule has 5 heteroatoms.